The van der Waals surface area contributed by atoms with E-state index in [4.69, 9.17) is 16.7 Å². The number of hydrogen-bond donors (Lipinski definition) is 1. The molecule has 0 bridgehead atoms. The van der Waals surface area contributed by atoms with E-state index in [1.807, 2.05) is 6.07 Å². The van der Waals surface area contributed by atoms with E-state index in [0.29, 0.717) is 5.02 Å². The van der Waals surface area contributed by atoms with Crippen molar-refractivity contribution in [3.05, 3.63) is 44.7 Å². The highest BCUT2D eigenvalue weighted by molar-refractivity contribution is 14.1. The van der Waals surface area contributed by atoms with E-state index in [-0.39, 0.29) is 5.69 Å². The van der Waals surface area contributed by atoms with Crippen molar-refractivity contribution in [1.82, 2.24) is 9.78 Å². The van der Waals surface area contributed by atoms with Crippen molar-refractivity contribution < 1.29 is 9.90 Å². The quantitative estimate of drug-likeness (QED) is 0.849. The molecule has 1 N–H and O–H groups in total. The average molecular weight is 349 g/mol. The lowest BCUT2D eigenvalue weighted by atomic mass is 10.3. The number of aromatic nitrogens is 2. The first kappa shape index (κ1) is 11.4. The summed E-state index contributed by atoms with van der Waals surface area (Å²) >= 11 is 8.02. The average Bonchev–Trinajstić information content (AvgIpc) is 2.70. The highest BCUT2D eigenvalue weighted by Crippen LogP contribution is 2.21. The normalized spacial score (nSPS) is 10.4. The van der Waals surface area contributed by atoms with Crippen molar-refractivity contribution in [2.75, 3.05) is 0 Å². The van der Waals surface area contributed by atoms with Gasteiger partial charge in [-0.1, -0.05) is 11.6 Å². The van der Waals surface area contributed by atoms with Gasteiger partial charge < -0.3 is 5.11 Å². The number of nitrogens with zero attached hydrogens (tertiary/aromatic N) is 2. The molecule has 0 unspecified atom stereocenters. The topological polar surface area (TPSA) is 55.1 Å². The van der Waals surface area contributed by atoms with E-state index in [1.165, 1.54) is 10.7 Å². The maximum atomic E-state index is 10.7. The first-order valence-electron chi connectivity index (χ1n) is 4.32. The van der Waals surface area contributed by atoms with Crippen molar-refractivity contribution in [1.29, 1.82) is 0 Å². The van der Waals surface area contributed by atoms with Crippen LogP contribution in [-0.2, 0) is 0 Å². The molecule has 0 saturated heterocycles. The van der Waals surface area contributed by atoms with E-state index < -0.39 is 5.97 Å². The van der Waals surface area contributed by atoms with Gasteiger partial charge in [0.2, 0.25) is 0 Å². The number of benzene rings is 1. The second-order valence-electron chi connectivity index (χ2n) is 3.05. The molecule has 0 amide bonds. The summed E-state index contributed by atoms with van der Waals surface area (Å²) < 4.78 is 2.44. The van der Waals surface area contributed by atoms with Crippen molar-refractivity contribution in [3.8, 4) is 5.69 Å². The summed E-state index contributed by atoms with van der Waals surface area (Å²) in [6.45, 7) is 0. The van der Waals surface area contributed by atoms with Crippen LogP contribution in [0.2, 0.25) is 5.02 Å². The number of carboxylic acid groups (broad SMARTS) is 1. The maximum absolute atomic E-state index is 10.7. The Hall–Kier alpha value is -1.08. The van der Waals surface area contributed by atoms with Gasteiger partial charge in [0.05, 0.1) is 5.69 Å². The second kappa shape index (κ2) is 4.42. The fraction of sp³-hybridized carbons (Fsp3) is 0. The Morgan fingerprint density at radius 2 is 2.19 bits per heavy atom. The molecule has 82 valence electrons. The predicted octanol–water partition coefficient (Wildman–Crippen LogP) is 2.83. The molecular formula is C10H6ClIN2O2. The molecule has 2 rings (SSSR count). The first-order chi connectivity index (χ1) is 7.58. The second-order valence-corrected chi connectivity index (χ2v) is 4.65. The molecule has 0 aliphatic heterocycles. The fourth-order valence-corrected chi connectivity index (χ4v) is 1.98. The summed E-state index contributed by atoms with van der Waals surface area (Å²) in [4.78, 5) is 10.7. The van der Waals surface area contributed by atoms with E-state index in [0.717, 1.165) is 9.26 Å². The van der Waals surface area contributed by atoms with Crippen molar-refractivity contribution in [2.45, 2.75) is 0 Å². The molecule has 0 spiro atoms. The maximum Gasteiger partial charge on any atom is 0.356 e. The highest BCUT2D eigenvalue weighted by atomic mass is 127. The van der Waals surface area contributed by atoms with E-state index in [9.17, 15) is 4.79 Å². The Morgan fingerprint density at radius 1 is 1.44 bits per heavy atom. The zero-order valence-electron chi connectivity index (χ0n) is 7.89. The molecule has 0 aliphatic rings. The summed E-state index contributed by atoms with van der Waals surface area (Å²) in [6.07, 6.45) is 1.59. The summed E-state index contributed by atoms with van der Waals surface area (Å²) in [7, 11) is 0. The SMILES string of the molecule is O=C(O)c1ccn(-c2cc(Cl)ccc2I)n1. The number of carboxylic acids is 1. The third-order valence-electron chi connectivity index (χ3n) is 1.96. The number of hydrogen-bond acceptors (Lipinski definition) is 2. The molecule has 0 fully saturated rings. The molecule has 4 nitrogen and oxygen atoms in total. The molecule has 1 heterocycles. The number of rotatable bonds is 2. The van der Waals surface area contributed by atoms with Crippen molar-refractivity contribution in [3.63, 3.8) is 0 Å². The van der Waals surface area contributed by atoms with Gasteiger partial charge in [-0.05, 0) is 46.9 Å². The lowest BCUT2D eigenvalue weighted by Gasteiger charge is -2.04. The van der Waals surface area contributed by atoms with Crippen LogP contribution in [0.25, 0.3) is 5.69 Å². The molecule has 0 radical (unpaired) electrons. The van der Waals surface area contributed by atoms with Gasteiger partial charge in [-0.2, -0.15) is 5.10 Å². The summed E-state index contributed by atoms with van der Waals surface area (Å²) in [5.74, 6) is -1.05. The lowest BCUT2D eigenvalue weighted by molar-refractivity contribution is 0.0690. The Morgan fingerprint density at radius 3 is 2.81 bits per heavy atom. The van der Waals surface area contributed by atoms with Gasteiger partial charge in [0.1, 0.15) is 0 Å². The zero-order valence-corrected chi connectivity index (χ0v) is 10.8. The van der Waals surface area contributed by atoms with Gasteiger partial charge >= 0.3 is 5.97 Å². The van der Waals surface area contributed by atoms with Crippen LogP contribution >= 0.6 is 34.2 Å². The van der Waals surface area contributed by atoms with E-state index in [2.05, 4.69) is 27.7 Å². The van der Waals surface area contributed by atoms with Gasteiger partial charge in [-0.25, -0.2) is 9.48 Å². The molecule has 0 saturated carbocycles. The Labute approximate surface area is 110 Å². The van der Waals surface area contributed by atoms with Crippen molar-refractivity contribution in [2.24, 2.45) is 0 Å². The van der Waals surface area contributed by atoms with Gasteiger partial charge in [-0.3, -0.25) is 0 Å². The van der Waals surface area contributed by atoms with Crippen molar-refractivity contribution >= 4 is 40.2 Å². The van der Waals surface area contributed by atoms with Crippen LogP contribution < -0.4 is 0 Å². The molecule has 0 atom stereocenters. The first-order valence-corrected chi connectivity index (χ1v) is 5.78. The fourth-order valence-electron chi connectivity index (χ4n) is 1.23. The largest absolute Gasteiger partial charge is 0.476 e. The van der Waals surface area contributed by atoms with Gasteiger partial charge in [0.25, 0.3) is 0 Å². The summed E-state index contributed by atoms with van der Waals surface area (Å²) in [5, 5.41) is 13.3. The minimum atomic E-state index is -1.05. The molecule has 2 aromatic rings. The van der Waals surface area contributed by atoms with Gasteiger partial charge in [-0.15, -0.1) is 0 Å². The van der Waals surface area contributed by atoms with Gasteiger partial charge in [0.15, 0.2) is 5.69 Å². The zero-order chi connectivity index (χ0) is 11.7. The van der Waals surface area contributed by atoms with Crippen LogP contribution in [0.5, 0.6) is 0 Å². The summed E-state index contributed by atoms with van der Waals surface area (Å²) in [6, 6.07) is 6.80. The van der Waals surface area contributed by atoms with Crippen LogP contribution in [0.1, 0.15) is 10.5 Å². The van der Waals surface area contributed by atoms with E-state index in [1.54, 1.807) is 18.3 Å². The number of aromatic carboxylic acids is 1. The van der Waals surface area contributed by atoms with Crippen LogP contribution in [0.15, 0.2) is 30.5 Å². The monoisotopic (exact) mass is 348 g/mol. The van der Waals surface area contributed by atoms with Gasteiger partial charge in [0, 0.05) is 14.8 Å². The number of carbonyl (C=O) groups is 1. The minimum absolute atomic E-state index is 0.00998. The molecule has 0 aliphatic carbocycles. The van der Waals surface area contributed by atoms with Crippen LogP contribution in [0.3, 0.4) is 0 Å². The number of halogens is 2. The third-order valence-corrected chi connectivity index (χ3v) is 3.11. The third kappa shape index (κ3) is 2.19. The standard InChI is InChI=1S/C10H6ClIN2O2/c11-6-1-2-7(12)9(5-6)14-4-3-8(13-14)10(15)16/h1-5H,(H,15,16). The Balaban J connectivity index is 2.50. The Kier molecular flexibility index (Phi) is 3.15. The molecular weight excluding hydrogens is 342 g/mol. The highest BCUT2D eigenvalue weighted by Gasteiger charge is 2.09. The van der Waals surface area contributed by atoms with Crippen LogP contribution in [0.4, 0.5) is 0 Å². The molecule has 6 heteroatoms. The summed E-state index contributed by atoms with van der Waals surface area (Å²) in [5.41, 5.74) is 0.774. The predicted molar refractivity (Wildman–Crippen MR) is 68.3 cm³/mol. The smallest absolute Gasteiger partial charge is 0.356 e. The van der Waals surface area contributed by atoms with Crippen LogP contribution in [-0.4, -0.2) is 20.9 Å². The molecule has 16 heavy (non-hydrogen) atoms. The molecule has 1 aromatic heterocycles. The molecule has 1 aromatic carbocycles. The minimum Gasteiger partial charge on any atom is -0.476 e. The lowest BCUT2D eigenvalue weighted by Crippen LogP contribution is -2.02. The van der Waals surface area contributed by atoms with Crippen LogP contribution in [0, 0.1) is 3.57 Å². The van der Waals surface area contributed by atoms with E-state index >= 15 is 0 Å². The Bertz CT molecular complexity index is 554.